The molecule has 2 aromatic heterocycles. The van der Waals surface area contributed by atoms with E-state index in [4.69, 9.17) is 9.72 Å². The number of ether oxygens (including phenoxy) is 1. The van der Waals surface area contributed by atoms with E-state index < -0.39 is 0 Å². The summed E-state index contributed by atoms with van der Waals surface area (Å²) in [7, 11) is 1.63. The van der Waals surface area contributed by atoms with E-state index in [1.807, 2.05) is 24.3 Å². The number of halogens is 1. The molecule has 1 unspecified atom stereocenters. The Morgan fingerprint density at radius 3 is 2.72 bits per heavy atom. The van der Waals surface area contributed by atoms with Gasteiger partial charge < -0.3 is 4.74 Å². The highest BCUT2D eigenvalue weighted by Crippen LogP contribution is 2.34. The first-order chi connectivity index (χ1) is 14.1. The van der Waals surface area contributed by atoms with Crippen molar-refractivity contribution in [2.75, 3.05) is 7.11 Å². The predicted octanol–water partition coefficient (Wildman–Crippen LogP) is 4.46. The molecule has 0 bridgehead atoms. The number of ketones is 1. The number of methoxy groups -OCH3 is 1. The van der Waals surface area contributed by atoms with Gasteiger partial charge in [-0.05, 0) is 47.7 Å². The number of carbonyl (C=O) groups is 1. The van der Waals surface area contributed by atoms with E-state index in [0.29, 0.717) is 24.1 Å². The van der Waals surface area contributed by atoms with Crippen LogP contribution in [0.2, 0.25) is 0 Å². The van der Waals surface area contributed by atoms with Crippen LogP contribution in [0.5, 0.6) is 5.75 Å². The van der Waals surface area contributed by atoms with Crippen molar-refractivity contribution in [2.24, 2.45) is 0 Å². The average Bonchev–Trinajstić information content (AvgIpc) is 3.16. The predicted molar refractivity (Wildman–Crippen MR) is 107 cm³/mol. The number of aromatic nitrogens is 3. The molecule has 1 aliphatic carbocycles. The number of benzene rings is 2. The minimum absolute atomic E-state index is 0.00580. The van der Waals surface area contributed by atoms with Gasteiger partial charge in [0.05, 0.1) is 24.6 Å². The van der Waals surface area contributed by atoms with Crippen LogP contribution in [-0.4, -0.2) is 27.5 Å². The van der Waals surface area contributed by atoms with Crippen molar-refractivity contribution in [3.05, 3.63) is 83.6 Å². The summed E-state index contributed by atoms with van der Waals surface area (Å²) < 4.78 is 20.2. The Balaban J connectivity index is 1.58. The van der Waals surface area contributed by atoms with Crippen LogP contribution in [0.1, 0.15) is 34.0 Å². The lowest BCUT2D eigenvalue weighted by Gasteiger charge is -2.23. The quantitative estimate of drug-likeness (QED) is 0.521. The largest absolute Gasteiger partial charge is 0.497 e. The maximum Gasteiger partial charge on any atom is 0.166 e. The van der Waals surface area contributed by atoms with Crippen LogP contribution in [0.15, 0.2) is 60.9 Å². The molecule has 0 radical (unpaired) electrons. The molecule has 144 valence electrons. The van der Waals surface area contributed by atoms with E-state index in [1.165, 1.54) is 12.1 Å². The number of nitrogens with zero attached hydrogens (tertiary/aromatic N) is 3. The first-order valence-corrected chi connectivity index (χ1v) is 9.43. The van der Waals surface area contributed by atoms with Crippen LogP contribution >= 0.6 is 0 Å². The Bertz CT molecular complexity index is 1230. The van der Waals surface area contributed by atoms with Gasteiger partial charge in [0.1, 0.15) is 11.6 Å². The van der Waals surface area contributed by atoms with E-state index in [2.05, 4.69) is 5.10 Å². The monoisotopic (exact) mass is 387 g/mol. The van der Waals surface area contributed by atoms with Crippen LogP contribution in [0, 0.1) is 5.82 Å². The zero-order chi connectivity index (χ0) is 20.0. The summed E-state index contributed by atoms with van der Waals surface area (Å²) in [5.41, 5.74) is 4.84. The van der Waals surface area contributed by atoms with Gasteiger partial charge in [0.15, 0.2) is 11.4 Å². The lowest BCUT2D eigenvalue weighted by Crippen LogP contribution is -2.21. The molecule has 0 aliphatic heterocycles. The molecular formula is C23H18FN3O2. The third-order valence-electron chi connectivity index (χ3n) is 5.47. The number of Topliss-reactive ketones (excluding diaryl/α,β-unsaturated/α-hetero) is 1. The smallest absolute Gasteiger partial charge is 0.166 e. The third kappa shape index (κ3) is 3.06. The highest BCUT2D eigenvalue weighted by molar-refractivity contribution is 5.99. The van der Waals surface area contributed by atoms with Gasteiger partial charge in [-0.2, -0.15) is 5.10 Å². The Morgan fingerprint density at radius 2 is 1.93 bits per heavy atom. The average molecular weight is 387 g/mol. The van der Waals surface area contributed by atoms with Crippen molar-refractivity contribution in [3.8, 4) is 16.9 Å². The summed E-state index contributed by atoms with van der Waals surface area (Å²) >= 11 is 0. The van der Waals surface area contributed by atoms with Gasteiger partial charge in [-0.3, -0.25) is 4.79 Å². The Morgan fingerprint density at radius 1 is 1.10 bits per heavy atom. The molecule has 5 nitrogen and oxygen atoms in total. The lowest BCUT2D eigenvalue weighted by molar-refractivity contribution is 0.0962. The molecule has 29 heavy (non-hydrogen) atoms. The van der Waals surface area contributed by atoms with Crippen molar-refractivity contribution in [1.29, 1.82) is 0 Å². The second-order valence-corrected chi connectivity index (χ2v) is 7.24. The van der Waals surface area contributed by atoms with Gasteiger partial charge in [-0.25, -0.2) is 13.9 Å². The van der Waals surface area contributed by atoms with Crippen molar-refractivity contribution < 1.29 is 13.9 Å². The molecule has 0 N–H and O–H groups in total. The Labute approximate surface area is 166 Å². The van der Waals surface area contributed by atoms with Crippen LogP contribution < -0.4 is 4.74 Å². The minimum Gasteiger partial charge on any atom is -0.497 e. The van der Waals surface area contributed by atoms with Crippen LogP contribution in [0.25, 0.3) is 16.8 Å². The molecule has 5 rings (SSSR count). The summed E-state index contributed by atoms with van der Waals surface area (Å²) in [6.45, 7) is 0. The number of rotatable bonds is 3. The number of hydrogen-bond donors (Lipinski definition) is 0. The zero-order valence-corrected chi connectivity index (χ0v) is 15.8. The summed E-state index contributed by atoms with van der Waals surface area (Å²) in [5, 5.41) is 4.40. The Kier molecular flexibility index (Phi) is 4.12. The topological polar surface area (TPSA) is 56.5 Å². The van der Waals surface area contributed by atoms with Crippen LogP contribution in [0.3, 0.4) is 0 Å². The third-order valence-corrected chi connectivity index (χ3v) is 5.47. The fraction of sp³-hybridized carbons (Fsp3) is 0.174. The van der Waals surface area contributed by atoms with Crippen molar-refractivity contribution in [3.63, 3.8) is 0 Å². The van der Waals surface area contributed by atoms with Gasteiger partial charge >= 0.3 is 0 Å². The fourth-order valence-corrected chi connectivity index (χ4v) is 3.94. The molecular weight excluding hydrogens is 369 g/mol. The zero-order valence-electron chi connectivity index (χ0n) is 15.8. The molecule has 1 aliphatic rings. The normalized spacial score (nSPS) is 16.1. The molecule has 2 aromatic carbocycles. The van der Waals surface area contributed by atoms with Gasteiger partial charge in [0, 0.05) is 18.2 Å². The first kappa shape index (κ1) is 17.6. The lowest BCUT2D eigenvalue weighted by atomic mass is 9.82. The first-order valence-electron chi connectivity index (χ1n) is 9.43. The molecule has 4 aromatic rings. The van der Waals surface area contributed by atoms with Gasteiger partial charge in [-0.15, -0.1) is 0 Å². The summed E-state index contributed by atoms with van der Waals surface area (Å²) in [4.78, 5) is 17.6. The summed E-state index contributed by atoms with van der Waals surface area (Å²) in [5.74, 6) is 0.506. The minimum atomic E-state index is -0.279. The molecule has 0 saturated heterocycles. The summed E-state index contributed by atoms with van der Waals surface area (Å²) in [6, 6.07) is 14.1. The van der Waals surface area contributed by atoms with Crippen molar-refractivity contribution in [2.45, 2.75) is 18.8 Å². The van der Waals surface area contributed by atoms with Crippen molar-refractivity contribution >= 4 is 11.4 Å². The van der Waals surface area contributed by atoms with E-state index in [-0.39, 0.29) is 17.5 Å². The van der Waals surface area contributed by atoms with E-state index >= 15 is 0 Å². The highest BCUT2D eigenvalue weighted by atomic mass is 19.1. The SMILES string of the molecule is COc1cccc(-c2cnn3cc4c(nc23)CC(c2ccc(F)cc2)CC4=O)c1. The highest BCUT2D eigenvalue weighted by Gasteiger charge is 2.28. The molecule has 1 atom stereocenters. The maximum absolute atomic E-state index is 13.3. The molecule has 2 heterocycles. The van der Waals surface area contributed by atoms with E-state index in [1.54, 1.807) is 36.2 Å². The second kappa shape index (κ2) is 6.81. The molecule has 0 fully saturated rings. The fourth-order valence-electron chi connectivity index (χ4n) is 3.94. The van der Waals surface area contributed by atoms with Crippen LogP contribution in [0.4, 0.5) is 4.39 Å². The van der Waals surface area contributed by atoms with Gasteiger partial charge in [-0.1, -0.05) is 24.3 Å². The van der Waals surface area contributed by atoms with Crippen LogP contribution in [-0.2, 0) is 6.42 Å². The van der Waals surface area contributed by atoms with Gasteiger partial charge in [0.25, 0.3) is 0 Å². The van der Waals surface area contributed by atoms with Crippen molar-refractivity contribution in [1.82, 2.24) is 14.6 Å². The standard InChI is InChI=1S/C23H18FN3O2/c1-29-18-4-2-3-15(9-18)19-12-25-27-13-20-21(26-23(19)27)10-16(11-22(20)28)14-5-7-17(24)8-6-14/h2-9,12-13,16H,10-11H2,1H3. The van der Waals surface area contributed by atoms with E-state index in [9.17, 15) is 9.18 Å². The molecule has 6 heteroatoms. The maximum atomic E-state index is 13.3. The molecule has 0 amide bonds. The Hall–Kier alpha value is -3.54. The second-order valence-electron chi connectivity index (χ2n) is 7.24. The summed E-state index contributed by atoms with van der Waals surface area (Å²) in [6.07, 6.45) is 4.54. The molecule has 0 spiro atoms. The van der Waals surface area contributed by atoms with Gasteiger partial charge in [0.2, 0.25) is 0 Å². The van der Waals surface area contributed by atoms with E-state index in [0.717, 1.165) is 28.1 Å². The number of carbonyl (C=O) groups excluding carboxylic acids is 1. The number of fused-ring (bicyclic) bond motifs is 2. The number of hydrogen-bond acceptors (Lipinski definition) is 4. The molecule has 0 saturated carbocycles.